The van der Waals surface area contributed by atoms with Gasteiger partial charge in [0.2, 0.25) is 5.75 Å². The highest BCUT2D eigenvalue weighted by molar-refractivity contribution is 5.57. The quantitative estimate of drug-likeness (QED) is 0.525. The van der Waals surface area contributed by atoms with E-state index in [9.17, 15) is 10.1 Å². The van der Waals surface area contributed by atoms with Gasteiger partial charge in [0, 0.05) is 17.0 Å². The molecular formula is C11H13NO3. The molecule has 0 aromatic heterocycles. The van der Waals surface area contributed by atoms with Crippen molar-refractivity contribution >= 4 is 5.69 Å². The molecule has 4 heteroatoms. The molecule has 4 nitrogen and oxygen atoms in total. The smallest absolute Gasteiger partial charge is 0.311 e. The van der Waals surface area contributed by atoms with Crippen LogP contribution in [-0.2, 0) is 5.41 Å². The molecule has 1 aromatic rings. The lowest BCUT2D eigenvalue weighted by atomic mass is 9.82. The normalized spacial score (nSPS) is 21.9. The Morgan fingerprint density at radius 1 is 1.47 bits per heavy atom. The number of para-hydroxylation sites is 1. The van der Waals surface area contributed by atoms with Crippen LogP contribution in [-0.4, -0.2) is 11.0 Å². The number of ether oxygens (including phenoxy) is 1. The summed E-state index contributed by atoms with van der Waals surface area (Å²) in [7, 11) is 0. The monoisotopic (exact) mass is 207 g/mol. The van der Waals surface area contributed by atoms with Crippen molar-refractivity contribution in [2.24, 2.45) is 0 Å². The SMILES string of the molecule is CC1Oc2c([N+](=O)[O-])cccc2C1(C)C. The molecule has 1 unspecified atom stereocenters. The first-order valence-electron chi connectivity index (χ1n) is 4.89. The van der Waals surface area contributed by atoms with Crippen LogP contribution in [0.5, 0.6) is 5.75 Å². The van der Waals surface area contributed by atoms with Crippen molar-refractivity contribution in [3.8, 4) is 5.75 Å². The van der Waals surface area contributed by atoms with Crippen molar-refractivity contribution < 1.29 is 9.66 Å². The Labute approximate surface area is 88.0 Å². The minimum Gasteiger partial charge on any atom is -0.483 e. The zero-order chi connectivity index (χ0) is 11.2. The Balaban J connectivity index is 2.63. The van der Waals surface area contributed by atoms with Gasteiger partial charge in [0.25, 0.3) is 0 Å². The lowest BCUT2D eigenvalue weighted by Crippen LogP contribution is -2.28. The van der Waals surface area contributed by atoms with Crippen LogP contribution in [0.2, 0.25) is 0 Å². The van der Waals surface area contributed by atoms with Crippen molar-refractivity contribution in [1.29, 1.82) is 0 Å². The molecule has 1 aromatic carbocycles. The van der Waals surface area contributed by atoms with Gasteiger partial charge in [-0.1, -0.05) is 26.0 Å². The van der Waals surface area contributed by atoms with Crippen LogP contribution in [0.25, 0.3) is 0 Å². The highest BCUT2D eigenvalue weighted by Gasteiger charge is 2.42. The van der Waals surface area contributed by atoms with E-state index in [-0.39, 0.29) is 17.2 Å². The summed E-state index contributed by atoms with van der Waals surface area (Å²) >= 11 is 0. The summed E-state index contributed by atoms with van der Waals surface area (Å²) in [6, 6.07) is 5.08. The molecule has 80 valence electrons. The second-order valence-corrected chi connectivity index (χ2v) is 4.39. The van der Waals surface area contributed by atoms with E-state index >= 15 is 0 Å². The molecule has 0 N–H and O–H groups in total. The number of hydrogen-bond acceptors (Lipinski definition) is 3. The number of nitro groups is 1. The summed E-state index contributed by atoms with van der Waals surface area (Å²) in [5.74, 6) is 0.431. The van der Waals surface area contributed by atoms with E-state index in [0.717, 1.165) is 5.56 Å². The van der Waals surface area contributed by atoms with Gasteiger partial charge in [-0.25, -0.2) is 0 Å². The third-order valence-corrected chi connectivity index (χ3v) is 3.20. The maximum absolute atomic E-state index is 10.8. The first-order valence-corrected chi connectivity index (χ1v) is 4.89. The number of rotatable bonds is 1. The number of benzene rings is 1. The number of nitrogens with zero attached hydrogens (tertiary/aromatic N) is 1. The number of nitro benzene ring substituents is 1. The minimum atomic E-state index is -0.396. The van der Waals surface area contributed by atoms with Crippen LogP contribution >= 0.6 is 0 Å². The maximum atomic E-state index is 10.8. The van der Waals surface area contributed by atoms with E-state index in [1.165, 1.54) is 6.07 Å². The molecule has 1 heterocycles. The zero-order valence-corrected chi connectivity index (χ0v) is 8.98. The first-order chi connectivity index (χ1) is 6.94. The molecule has 2 rings (SSSR count). The molecular weight excluding hydrogens is 194 g/mol. The van der Waals surface area contributed by atoms with Gasteiger partial charge in [0.1, 0.15) is 6.10 Å². The fourth-order valence-corrected chi connectivity index (χ4v) is 1.84. The highest BCUT2D eigenvalue weighted by atomic mass is 16.6. The largest absolute Gasteiger partial charge is 0.483 e. The molecule has 0 bridgehead atoms. The standard InChI is InChI=1S/C11H13NO3/c1-7-11(2,3)8-5-4-6-9(12(13)14)10(8)15-7/h4-7H,1-3H3. The average Bonchev–Trinajstić information content (AvgIpc) is 2.38. The fourth-order valence-electron chi connectivity index (χ4n) is 1.84. The second-order valence-electron chi connectivity index (χ2n) is 4.39. The molecule has 15 heavy (non-hydrogen) atoms. The Morgan fingerprint density at radius 2 is 2.13 bits per heavy atom. The number of hydrogen-bond donors (Lipinski definition) is 0. The zero-order valence-electron chi connectivity index (χ0n) is 8.98. The van der Waals surface area contributed by atoms with Crippen LogP contribution in [0.15, 0.2) is 18.2 Å². The minimum absolute atomic E-state index is 0.0337. The van der Waals surface area contributed by atoms with Crippen molar-refractivity contribution in [3.63, 3.8) is 0 Å². The molecule has 1 atom stereocenters. The Morgan fingerprint density at radius 3 is 2.73 bits per heavy atom. The lowest BCUT2D eigenvalue weighted by Gasteiger charge is -2.21. The van der Waals surface area contributed by atoms with E-state index in [4.69, 9.17) is 4.74 Å². The van der Waals surface area contributed by atoms with Gasteiger partial charge >= 0.3 is 5.69 Å². The summed E-state index contributed by atoms with van der Waals surface area (Å²) in [4.78, 5) is 10.4. The van der Waals surface area contributed by atoms with Crippen LogP contribution in [0.3, 0.4) is 0 Å². The van der Waals surface area contributed by atoms with E-state index in [2.05, 4.69) is 0 Å². The summed E-state index contributed by atoms with van der Waals surface area (Å²) in [6.45, 7) is 6.00. The summed E-state index contributed by atoms with van der Waals surface area (Å²) in [6.07, 6.45) is -0.0337. The average molecular weight is 207 g/mol. The van der Waals surface area contributed by atoms with E-state index in [1.807, 2.05) is 26.8 Å². The summed E-state index contributed by atoms with van der Waals surface area (Å²) in [5.41, 5.74) is 0.815. The first kappa shape index (κ1) is 9.96. The molecule has 0 amide bonds. The number of fused-ring (bicyclic) bond motifs is 1. The van der Waals surface area contributed by atoms with Crippen molar-refractivity contribution in [1.82, 2.24) is 0 Å². The topological polar surface area (TPSA) is 52.4 Å². The highest BCUT2D eigenvalue weighted by Crippen LogP contribution is 2.46. The van der Waals surface area contributed by atoms with Gasteiger partial charge < -0.3 is 4.74 Å². The van der Waals surface area contributed by atoms with E-state index in [0.29, 0.717) is 5.75 Å². The Hall–Kier alpha value is -1.58. The Kier molecular flexibility index (Phi) is 1.96. The van der Waals surface area contributed by atoms with Crippen LogP contribution in [0, 0.1) is 10.1 Å². The van der Waals surface area contributed by atoms with Crippen molar-refractivity contribution in [2.75, 3.05) is 0 Å². The van der Waals surface area contributed by atoms with Crippen molar-refractivity contribution in [2.45, 2.75) is 32.3 Å². The predicted molar refractivity (Wildman–Crippen MR) is 56.2 cm³/mol. The van der Waals surface area contributed by atoms with E-state index < -0.39 is 4.92 Å². The Bertz CT molecular complexity index is 426. The fraction of sp³-hybridized carbons (Fsp3) is 0.455. The molecule has 0 saturated carbocycles. The van der Waals surface area contributed by atoms with Crippen LogP contribution in [0.1, 0.15) is 26.3 Å². The third kappa shape index (κ3) is 1.28. The van der Waals surface area contributed by atoms with Gasteiger partial charge in [-0.2, -0.15) is 0 Å². The molecule has 0 radical (unpaired) electrons. The maximum Gasteiger partial charge on any atom is 0.311 e. The summed E-state index contributed by atoms with van der Waals surface area (Å²) in [5, 5.41) is 10.8. The predicted octanol–water partition coefficient (Wildman–Crippen LogP) is 2.65. The van der Waals surface area contributed by atoms with Gasteiger partial charge in [-0.05, 0) is 6.92 Å². The molecule has 0 fully saturated rings. The lowest BCUT2D eigenvalue weighted by molar-refractivity contribution is -0.385. The van der Waals surface area contributed by atoms with Gasteiger partial charge in [0.05, 0.1) is 4.92 Å². The van der Waals surface area contributed by atoms with Gasteiger partial charge in [-0.15, -0.1) is 0 Å². The van der Waals surface area contributed by atoms with Gasteiger partial charge in [-0.3, -0.25) is 10.1 Å². The molecule has 1 aliphatic heterocycles. The van der Waals surface area contributed by atoms with E-state index in [1.54, 1.807) is 6.07 Å². The van der Waals surface area contributed by atoms with Crippen molar-refractivity contribution in [3.05, 3.63) is 33.9 Å². The van der Waals surface area contributed by atoms with Crippen LogP contribution in [0.4, 0.5) is 5.69 Å². The molecule has 0 aliphatic carbocycles. The summed E-state index contributed by atoms with van der Waals surface area (Å²) < 4.78 is 5.57. The second kappa shape index (κ2) is 2.95. The third-order valence-electron chi connectivity index (χ3n) is 3.20. The van der Waals surface area contributed by atoms with Crippen LogP contribution < -0.4 is 4.74 Å². The molecule has 0 saturated heterocycles. The molecule has 1 aliphatic rings. The molecule has 0 spiro atoms. The van der Waals surface area contributed by atoms with Gasteiger partial charge in [0.15, 0.2) is 0 Å².